The van der Waals surface area contributed by atoms with Crippen LogP contribution in [0.4, 0.5) is 5.69 Å². The molecule has 0 saturated heterocycles. The highest BCUT2D eigenvalue weighted by Crippen LogP contribution is 2.20. The van der Waals surface area contributed by atoms with Crippen LogP contribution in [0.15, 0.2) is 46.9 Å². The zero-order valence-electron chi connectivity index (χ0n) is 13.1. The molecule has 0 heterocycles. The third kappa shape index (κ3) is 4.93. The van der Waals surface area contributed by atoms with Gasteiger partial charge in [0.15, 0.2) is 0 Å². The molecule has 0 aromatic heterocycles. The molecule has 0 spiro atoms. The molecule has 2 aromatic carbocycles. The molecule has 0 saturated carbocycles. The van der Waals surface area contributed by atoms with Crippen LogP contribution in [0.25, 0.3) is 0 Å². The number of aryl methyl sites for hydroxylation is 1. The number of amides is 2. The number of hydrogen-bond acceptors (Lipinski definition) is 3. The van der Waals surface area contributed by atoms with Gasteiger partial charge < -0.3 is 10.6 Å². The molecular weight excluding hydrogens is 370 g/mol. The SMILES string of the molecule is Cc1ccc(Br)cc1NC(=O)CCNC(=O)c1cccc(C#N)c1. The zero-order valence-corrected chi connectivity index (χ0v) is 14.7. The summed E-state index contributed by atoms with van der Waals surface area (Å²) in [6.45, 7) is 2.13. The number of nitrogens with one attached hydrogen (secondary N) is 2. The molecular formula is C18H16BrN3O2. The molecule has 2 aromatic rings. The van der Waals surface area contributed by atoms with E-state index >= 15 is 0 Å². The standard InChI is InChI=1S/C18H16BrN3O2/c1-12-5-6-15(19)10-16(12)22-17(23)7-8-21-18(24)14-4-2-3-13(9-14)11-20/h2-6,9-10H,7-8H2,1H3,(H,21,24)(H,22,23). The maximum Gasteiger partial charge on any atom is 0.251 e. The number of halogens is 1. The summed E-state index contributed by atoms with van der Waals surface area (Å²) in [5, 5.41) is 14.3. The topological polar surface area (TPSA) is 82.0 Å². The minimum atomic E-state index is -0.307. The van der Waals surface area contributed by atoms with Crippen molar-refractivity contribution >= 4 is 33.4 Å². The van der Waals surface area contributed by atoms with Crippen molar-refractivity contribution in [3.8, 4) is 6.07 Å². The van der Waals surface area contributed by atoms with Crippen LogP contribution in [0.2, 0.25) is 0 Å². The van der Waals surface area contributed by atoms with Gasteiger partial charge in [0.1, 0.15) is 0 Å². The van der Waals surface area contributed by atoms with Crippen LogP contribution >= 0.6 is 15.9 Å². The van der Waals surface area contributed by atoms with E-state index in [0.29, 0.717) is 11.1 Å². The fourth-order valence-corrected chi connectivity index (χ4v) is 2.42. The van der Waals surface area contributed by atoms with Gasteiger partial charge in [-0.3, -0.25) is 9.59 Å². The van der Waals surface area contributed by atoms with Gasteiger partial charge in [-0.15, -0.1) is 0 Å². The van der Waals surface area contributed by atoms with E-state index < -0.39 is 0 Å². The van der Waals surface area contributed by atoms with E-state index in [1.165, 1.54) is 6.07 Å². The van der Waals surface area contributed by atoms with Crippen molar-refractivity contribution in [3.63, 3.8) is 0 Å². The lowest BCUT2D eigenvalue weighted by atomic mass is 10.1. The number of hydrogen-bond donors (Lipinski definition) is 2. The second-order valence-corrected chi connectivity index (χ2v) is 6.12. The lowest BCUT2D eigenvalue weighted by Crippen LogP contribution is -2.27. The van der Waals surface area contributed by atoms with Gasteiger partial charge in [0, 0.05) is 28.7 Å². The third-order valence-corrected chi connectivity index (χ3v) is 3.86. The van der Waals surface area contributed by atoms with Crippen LogP contribution in [0.1, 0.15) is 27.9 Å². The fourth-order valence-electron chi connectivity index (χ4n) is 2.06. The summed E-state index contributed by atoms with van der Waals surface area (Å²) in [4.78, 5) is 24.0. The Kier molecular flexibility index (Phi) is 6.10. The van der Waals surface area contributed by atoms with E-state index in [9.17, 15) is 9.59 Å². The largest absolute Gasteiger partial charge is 0.352 e. The summed E-state index contributed by atoms with van der Waals surface area (Å²) in [6.07, 6.45) is 0.162. The Hall–Kier alpha value is -2.65. The molecule has 122 valence electrons. The monoisotopic (exact) mass is 385 g/mol. The predicted octanol–water partition coefficient (Wildman–Crippen LogP) is 3.39. The minimum Gasteiger partial charge on any atom is -0.352 e. The summed E-state index contributed by atoms with van der Waals surface area (Å²) < 4.78 is 0.883. The summed E-state index contributed by atoms with van der Waals surface area (Å²) >= 11 is 3.36. The first-order chi connectivity index (χ1) is 11.5. The zero-order chi connectivity index (χ0) is 17.5. The number of nitrogens with zero attached hydrogens (tertiary/aromatic N) is 1. The van der Waals surface area contributed by atoms with E-state index in [1.54, 1.807) is 18.2 Å². The molecule has 0 aliphatic heterocycles. The van der Waals surface area contributed by atoms with Gasteiger partial charge in [0.2, 0.25) is 5.91 Å². The van der Waals surface area contributed by atoms with Crippen LogP contribution < -0.4 is 10.6 Å². The molecule has 2 N–H and O–H groups in total. The van der Waals surface area contributed by atoms with Crippen molar-refractivity contribution in [2.75, 3.05) is 11.9 Å². The smallest absolute Gasteiger partial charge is 0.251 e. The molecule has 2 rings (SSSR count). The van der Waals surface area contributed by atoms with Crippen LogP contribution in [0.5, 0.6) is 0 Å². The Labute approximate surface area is 148 Å². The fraction of sp³-hybridized carbons (Fsp3) is 0.167. The summed E-state index contributed by atoms with van der Waals surface area (Å²) in [5.74, 6) is -0.485. The molecule has 0 atom stereocenters. The van der Waals surface area contributed by atoms with Gasteiger partial charge in [-0.1, -0.05) is 28.1 Å². The van der Waals surface area contributed by atoms with Crippen molar-refractivity contribution < 1.29 is 9.59 Å². The molecule has 2 amide bonds. The molecule has 24 heavy (non-hydrogen) atoms. The predicted molar refractivity (Wildman–Crippen MR) is 95.6 cm³/mol. The van der Waals surface area contributed by atoms with Gasteiger partial charge in [-0.25, -0.2) is 0 Å². The Balaban J connectivity index is 1.85. The Morgan fingerprint density at radius 1 is 1.21 bits per heavy atom. The Morgan fingerprint density at radius 2 is 2.00 bits per heavy atom. The average molecular weight is 386 g/mol. The lowest BCUT2D eigenvalue weighted by molar-refractivity contribution is -0.116. The van der Waals surface area contributed by atoms with Crippen molar-refractivity contribution in [2.45, 2.75) is 13.3 Å². The number of benzene rings is 2. The molecule has 0 aliphatic rings. The first-order valence-corrected chi connectivity index (χ1v) is 8.13. The molecule has 0 bridgehead atoms. The number of nitriles is 1. The van der Waals surface area contributed by atoms with Gasteiger partial charge in [-0.05, 0) is 42.8 Å². The van der Waals surface area contributed by atoms with Crippen LogP contribution in [0, 0.1) is 18.3 Å². The van der Waals surface area contributed by atoms with Gasteiger partial charge in [0.25, 0.3) is 5.91 Å². The van der Waals surface area contributed by atoms with Gasteiger partial charge in [0.05, 0.1) is 11.6 Å². The minimum absolute atomic E-state index is 0.162. The van der Waals surface area contributed by atoms with Crippen LogP contribution in [-0.4, -0.2) is 18.4 Å². The summed E-state index contributed by atoms with van der Waals surface area (Å²) in [6, 6.07) is 14.0. The van der Waals surface area contributed by atoms with Crippen molar-refractivity contribution in [3.05, 3.63) is 63.6 Å². The van der Waals surface area contributed by atoms with E-state index in [0.717, 1.165) is 15.7 Å². The first kappa shape index (κ1) is 17.7. The number of anilines is 1. The maximum absolute atomic E-state index is 12.0. The van der Waals surface area contributed by atoms with E-state index in [4.69, 9.17) is 5.26 Å². The molecule has 5 nitrogen and oxygen atoms in total. The van der Waals surface area contributed by atoms with Gasteiger partial charge >= 0.3 is 0 Å². The van der Waals surface area contributed by atoms with Gasteiger partial charge in [-0.2, -0.15) is 5.26 Å². The lowest BCUT2D eigenvalue weighted by Gasteiger charge is -2.09. The van der Waals surface area contributed by atoms with E-state index in [-0.39, 0.29) is 24.8 Å². The third-order valence-electron chi connectivity index (χ3n) is 3.37. The molecule has 0 radical (unpaired) electrons. The Morgan fingerprint density at radius 3 is 2.75 bits per heavy atom. The number of carbonyl (C=O) groups excluding carboxylic acids is 2. The van der Waals surface area contributed by atoms with E-state index in [2.05, 4.69) is 26.6 Å². The van der Waals surface area contributed by atoms with Crippen molar-refractivity contribution in [1.82, 2.24) is 5.32 Å². The average Bonchev–Trinajstić information content (AvgIpc) is 2.58. The highest BCUT2D eigenvalue weighted by atomic mass is 79.9. The highest BCUT2D eigenvalue weighted by molar-refractivity contribution is 9.10. The van der Waals surface area contributed by atoms with Crippen LogP contribution in [0.3, 0.4) is 0 Å². The Bertz CT molecular complexity index is 812. The molecule has 0 aliphatic carbocycles. The number of carbonyl (C=O) groups is 2. The van der Waals surface area contributed by atoms with E-state index in [1.807, 2.05) is 31.2 Å². The molecule has 6 heteroatoms. The highest BCUT2D eigenvalue weighted by Gasteiger charge is 2.08. The summed E-state index contributed by atoms with van der Waals surface area (Å²) in [5.41, 5.74) is 2.52. The molecule has 0 fully saturated rings. The molecule has 0 unspecified atom stereocenters. The van der Waals surface area contributed by atoms with Crippen molar-refractivity contribution in [2.24, 2.45) is 0 Å². The first-order valence-electron chi connectivity index (χ1n) is 7.34. The van der Waals surface area contributed by atoms with Crippen LogP contribution in [-0.2, 0) is 4.79 Å². The quantitative estimate of drug-likeness (QED) is 0.827. The number of rotatable bonds is 5. The second kappa shape index (κ2) is 8.27. The van der Waals surface area contributed by atoms with Crippen molar-refractivity contribution in [1.29, 1.82) is 5.26 Å². The normalized spacial score (nSPS) is 9.88. The second-order valence-electron chi connectivity index (χ2n) is 5.21. The maximum atomic E-state index is 12.0. The summed E-state index contributed by atoms with van der Waals surface area (Å²) in [7, 11) is 0.